The minimum atomic E-state index is -2.87. The second-order valence-corrected chi connectivity index (χ2v) is 10.2. The van der Waals surface area contributed by atoms with Gasteiger partial charge in [0.25, 0.3) is 0 Å². The van der Waals surface area contributed by atoms with E-state index in [1.54, 1.807) is 11.3 Å². The highest BCUT2D eigenvalue weighted by molar-refractivity contribution is 7.91. The maximum absolute atomic E-state index is 12.6. The lowest BCUT2D eigenvalue weighted by molar-refractivity contribution is -0.132. The van der Waals surface area contributed by atoms with Crippen molar-refractivity contribution < 1.29 is 13.2 Å². The molecule has 0 aliphatic carbocycles. The first-order chi connectivity index (χ1) is 13.0. The molecule has 2 aliphatic rings. The zero-order valence-electron chi connectivity index (χ0n) is 15.1. The summed E-state index contributed by atoms with van der Waals surface area (Å²) in [7, 11) is -2.87. The van der Waals surface area contributed by atoms with Gasteiger partial charge in [0, 0.05) is 43.2 Å². The molecule has 1 amide bonds. The van der Waals surface area contributed by atoms with Crippen LogP contribution in [0, 0.1) is 0 Å². The molecule has 0 saturated carbocycles. The van der Waals surface area contributed by atoms with Gasteiger partial charge in [-0.05, 0) is 6.42 Å². The second-order valence-electron chi connectivity index (χ2n) is 7.16. The summed E-state index contributed by atoms with van der Waals surface area (Å²) in [5, 5.41) is 2.89. The normalized spacial score (nSPS) is 22.8. The summed E-state index contributed by atoms with van der Waals surface area (Å²) in [5.74, 6) is 0.658. The van der Waals surface area contributed by atoms with Crippen molar-refractivity contribution in [1.82, 2.24) is 14.8 Å². The van der Waals surface area contributed by atoms with E-state index in [0.717, 1.165) is 35.8 Å². The summed E-state index contributed by atoms with van der Waals surface area (Å²) in [6.07, 6.45) is 1.04. The molecule has 0 unspecified atom stereocenters. The Morgan fingerprint density at radius 3 is 2.56 bits per heavy atom. The molecule has 1 aromatic heterocycles. The number of rotatable bonds is 4. The molecule has 8 heteroatoms. The molecule has 6 nitrogen and oxygen atoms in total. The lowest BCUT2D eigenvalue weighted by atomic mass is 10.2. The van der Waals surface area contributed by atoms with E-state index in [9.17, 15) is 13.2 Å². The van der Waals surface area contributed by atoms with E-state index in [0.29, 0.717) is 25.3 Å². The molecule has 2 aliphatic heterocycles. The molecular formula is C19H23N3O3S2. The first-order valence-corrected chi connectivity index (χ1v) is 11.9. The van der Waals surface area contributed by atoms with Crippen LogP contribution in [-0.4, -0.2) is 72.8 Å². The molecule has 27 heavy (non-hydrogen) atoms. The maximum Gasteiger partial charge on any atom is 0.228 e. The molecule has 2 fully saturated rings. The number of benzene rings is 1. The smallest absolute Gasteiger partial charge is 0.228 e. The molecule has 144 valence electrons. The molecule has 0 radical (unpaired) electrons. The lowest BCUT2D eigenvalue weighted by Crippen LogP contribution is -2.52. The number of sulfone groups is 1. The fourth-order valence-corrected chi connectivity index (χ4v) is 6.36. The van der Waals surface area contributed by atoms with Crippen LogP contribution in [0.3, 0.4) is 0 Å². The van der Waals surface area contributed by atoms with E-state index in [2.05, 4.69) is 9.88 Å². The summed E-state index contributed by atoms with van der Waals surface area (Å²) >= 11 is 1.56. The third-order valence-corrected chi connectivity index (χ3v) is 7.99. The Kier molecular flexibility index (Phi) is 5.29. The van der Waals surface area contributed by atoms with Gasteiger partial charge in [-0.1, -0.05) is 30.3 Å². The number of carbonyl (C=O) groups is 1. The van der Waals surface area contributed by atoms with Gasteiger partial charge in [-0.2, -0.15) is 0 Å². The topological polar surface area (TPSA) is 70.6 Å². The minimum Gasteiger partial charge on any atom is -0.340 e. The number of amides is 1. The van der Waals surface area contributed by atoms with E-state index in [4.69, 9.17) is 0 Å². The predicted molar refractivity (Wildman–Crippen MR) is 106 cm³/mol. The third kappa shape index (κ3) is 4.39. The zero-order chi connectivity index (χ0) is 18.9. The fourth-order valence-electron chi connectivity index (χ4n) is 3.77. The van der Waals surface area contributed by atoms with Crippen LogP contribution in [0.25, 0.3) is 10.6 Å². The van der Waals surface area contributed by atoms with Crippen LogP contribution in [0.5, 0.6) is 0 Å². The van der Waals surface area contributed by atoms with Gasteiger partial charge in [0.05, 0.1) is 23.6 Å². The van der Waals surface area contributed by atoms with Gasteiger partial charge in [-0.3, -0.25) is 9.69 Å². The van der Waals surface area contributed by atoms with Crippen LogP contribution >= 0.6 is 11.3 Å². The number of thiazole rings is 1. The van der Waals surface area contributed by atoms with Crippen LogP contribution < -0.4 is 0 Å². The Morgan fingerprint density at radius 2 is 1.89 bits per heavy atom. The maximum atomic E-state index is 12.6. The third-order valence-electron chi connectivity index (χ3n) is 5.30. The summed E-state index contributed by atoms with van der Waals surface area (Å²) in [6, 6.07) is 10.1. The average molecular weight is 406 g/mol. The van der Waals surface area contributed by atoms with Gasteiger partial charge in [-0.15, -0.1) is 11.3 Å². The molecule has 2 saturated heterocycles. The molecule has 3 heterocycles. The summed E-state index contributed by atoms with van der Waals surface area (Å²) < 4.78 is 23.3. The minimum absolute atomic E-state index is 0.0959. The van der Waals surface area contributed by atoms with Crippen LogP contribution in [-0.2, 0) is 21.1 Å². The fraction of sp³-hybridized carbons (Fsp3) is 0.474. The Labute approximate surface area is 163 Å². The highest BCUT2D eigenvalue weighted by Gasteiger charge is 2.34. The molecule has 0 bridgehead atoms. The molecule has 2 aromatic rings. The first kappa shape index (κ1) is 18.6. The van der Waals surface area contributed by atoms with Gasteiger partial charge in [0.1, 0.15) is 5.01 Å². The molecular weight excluding hydrogens is 382 g/mol. The van der Waals surface area contributed by atoms with Crippen molar-refractivity contribution in [2.24, 2.45) is 0 Å². The number of carbonyl (C=O) groups excluding carboxylic acids is 1. The van der Waals surface area contributed by atoms with E-state index in [1.165, 1.54) is 0 Å². The first-order valence-electron chi connectivity index (χ1n) is 9.22. The molecule has 0 spiro atoms. The molecule has 4 rings (SSSR count). The van der Waals surface area contributed by atoms with Crippen molar-refractivity contribution in [3.63, 3.8) is 0 Å². The SMILES string of the molecule is O=C(Cc1csc(-c2ccccc2)n1)N1CCN([C@H]2CCS(=O)(=O)C2)CC1. The van der Waals surface area contributed by atoms with Crippen LogP contribution in [0.1, 0.15) is 12.1 Å². The average Bonchev–Trinajstić information content (AvgIpc) is 3.29. The Bertz CT molecular complexity index is 903. The van der Waals surface area contributed by atoms with Gasteiger partial charge in [-0.25, -0.2) is 13.4 Å². The van der Waals surface area contributed by atoms with Gasteiger partial charge in [0.2, 0.25) is 5.91 Å². The van der Waals surface area contributed by atoms with E-state index >= 15 is 0 Å². The van der Waals surface area contributed by atoms with Crippen LogP contribution in [0.15, 0.2) is 35.7 Å². The monoisotopic (exact) mass is 405 g/mol. The van der Waals surface area contributed by atoms with Crippen molar-refractivity contribution in [2.75, 3.05) is 37.7 Å². The largest absolute Gasteiger partial charge is 0.340 e. The predicted octanol–water partition coefficient (Wildman–Crippen LogP) is 1.68. The highest BCUT2D eigenvalue weighted by atomic mass is 32.2. The van der Waals surface area contributed by atoms with Crippen molar-refractivity contribution in [1.29, 1.82) is 0 Å². The Morgan fingerprint density at radius 1 is 1.15 bits per heavy atom. The van der Waals surface area contributed by atoms with Gasteiger partial charge in [0.15, 0.2) is 9.84 Å². The van der Waals surface area contributed by atoms with Crippen molar-refractivity contribution in [3.05, 3.63) is 41.4 Å². The van der Waals surface area contributed by atoms with Crippen molar-refractivity contribution >= 4 is 27.1 Å². The standard InChI is InChI=1S/C19H23N3O3S2/c23-18(12-16-13-26-19(20-16)15-4-2-1-3-5-15)22-9-7-21(8-10-22)17-6-11-27(24,25)14-17/h1-5,13,17H,6-12,14H2/t17-/m0/s1. The number of hydrogen-bond acceptors (Lipinski definition) is 6. The van der Waals surface area contributed by atoms with Crippen molar-refractivity contribution in [2.45, 2.75) is 18.9 Å². The Balaban J connectivity index is 1.31. The van der Waals surface area contributed by atoms with E-state index in [-0.39, 0.29) is 17.7 Å². The highest BCUT2D eigenvalue weighted by Crippen LogP contribution is 2.24. The summed E-state index contributed by atoms with van der Waals surface area (Å²) in [6.45, 7) is 2.81. The number of piperazine rings is 1. The van der Waals surface area contributed by atoms with E-state index in [1.807, 2.05) is 40.6 Å². The molecule has 1 atom stereocenters. The van der Waals surface area contributed by atoms with E-state index < -0.39 is 9.84 Å². The number of nitrogens with zero attached hydrogens (tertiary/aromatic N) is 3. The quantitative estimate of drug-likeness (QED) is 0.774. The Hall–Kier alpha value is -1.77. The molecule has 1 aromatic carbocycles. The summed E-state index contributed by atoms with van der Waals surface area (Å²) in [4.78, 5) is 21.3. The van der Waals surface area contributed by atoms with Gasteiger partial charge >= 0.3 is 0 Å². The van der Waals surface area contributed by atoms with Crippen molar-refractivity contribution in [3.8, 4) is 10.6 Å². The number of aromatic nitrogens is 1. The molecule has 0 N–H and O–H groups in total. The zero-order valence-corrected chi connectivity index (χ0v) is 16.7. The van der Waals surface area contributed by atoms with Gasteiger partial charge < -0.3 is 4.90 Å². The lowest BCUT2D eigenvalue weighted by Gasteiger charge is -2.37. The summed E-state index contributed by atoms with van der Waals surface area (Å²) in [5.41, 5.74) is 1.88. The van der Waals surface area contributed by atoms with Crippen LogP contribution in [0.2, 0.25) is 0 Å². The number of hydrogen-bond donors (Lipinski definition) is 0. The second kappa shape index (κ2) is 7.69. The van der Waals surface area contributed by atoms with Crippen LogP contribution in [0.4, 0.5) is 0 Å².